The summed E-state index contributed by atoms with van der Waals surface area (Å²) in [7, 11) is 0. The van der Waals surface area contributed by atoms with Gasteiger partial charge in [0.1, 0.15) is 24.7 Å². The lowest BCUT2D eigenvalue weighted by Crippen LogP contribution is -2.09. The first-order valence-corrected chi connectivity index (χ1v) is 6.59. The van der Waals surface area contributed by atoms with Gasteiger partial charge in [-0.15, -0.1) is 0 Å². The third-order valence-corrected chi connectivity index (χ3v) is 2.96. The largest absolute Gasteiger partial charge is 0.490 e. The second-order valence-electron chi connectivity index (χ2n) is 4.25. The van der Waals surface area contributed by atoms with Crippen molar-refractivity contribution in [1.29, 1.82) is 5.26 Å². The Kier molecular flexibility index (Phi) is 4.86. The summed E-state index contributed by atoms with van der Waals surface area (Å²) in [5, 5.41) is 9.44. The van der Waals surface area contributed by atoms with E-state index in [9.17, 15) is 0 Å². The van der Waals surface area contributed by atoms with Crippen molar-refractivity contribution in [2.75, 3.05) is 13.2 Å². The van der Waals surface area contributed by atoms with Crippen LogP contribution in [0.25, 0.3) is 0 Å². The van der Waals surface area contributed by atoms with Crippen molar-refractivity contribution >= 4 is 11.6 Å². The number of halogens is 1. The summed E-state index contributed by atoms with van der Waals surface area (Å²) < 4.78 is 11.2. The van der Waals surface area contributed by atoms with E-state index in [1.54, 1.807) is 24.3 Å². The molecule has 0 N–H and O–H groups in total. The van der Waals surface area contributed by atoms with Crippen LogP contribution in [0, 0.1) is 18.3 Å². The molecule has 0 aliphatic rings. The molecule has 0 aromatic heterocycles. The van der Waals surface area contributed by atoms with Crippen molar-refractivity contribution < 1.29 is 9.47 Å². The Hall–Kier alpha value is -2.18. The Morgan fingerprint density at radius 1 is 1.10 bits per heavy atom. The van der Waals surface area contributed by atoms with Crippen LogP contribution in [-0.4, -0.2) is 13.2 Å². The molecule has 4 heteroatoms. The Morgan fingerprint density at radius 2 is 1.90 bits per heavy atom. The fourth-order valence-electron chi connectivity index (χ4n) is 1.70. The lowest BCUT2D eigenvalue weighted by molar-refractivity contribution is 0.216. The maximum absolute atomic E-state index is 8.80. The van der Waals surface area contributed by atoms with E-state index < -0.39 is 0 Å². The van der Waals surface area contributed by atoms with E-state index in [-0.39, 0.29) is 0 Å². The summed E-state index contributed by atoms with van der Waals surface area (Å²) in [6.45, 7) is 2.78. The lowest BCUT2D eigenvalue weighted by Gasteiger charge is -2.10. The van der Waals surface area contributed by atoms with Gasteiger partial charge >= 0.3 is 0 Å². The fourth-order valence-corrected chi connectivity index (χ4v) is 1.86. The fraction of sp³-hybridized carbons (Fsp3) is 0.188. The van der Waals surface area contributed by atoms with Crippen molar-refractivity contribution in [3.63, 3.8) is 0 Å². The molecule has 0 spiro atoms. The SMILES string of the molecule is Cc1ccc(Cl)cc1OCCOc1cccc(C#N)c1. The van der Waals surface area contributed by atoms with E-state index >= 15 is 0 Å². The van der Waals surface area contributed by atoms with Gasteiger partial charge in [0.05, 0.1) is 11.6 Å². The zero-order valence-corrected chi connectivity index (χ0v) is 11.9. The molecule has 0 heterocycles. The molecule has 3 nitrogen and oxygen atoms in total. The topological polar surface area (TPSA) is 42.2 Å². The van der Waals surface area contributed by atoms with Gasteiger partial charge < -0.3 is 9.47 Å². The van der Waals surface area contributed by atoms with Gasteiger partial charge in [-0.25, -0.2) is 0 Å². The molecule has 0 radical (unpaired) electrons. The molecule has 2 aromatic rings. The Morgan fingerprint density at radius 3 is 2.70 bits per heavy atom. The number of hydrogen-bond donors (Lipinski definition) is 0. The van der Waals surface area contributed by atoms with Crippen molar-refractivity contribution in [3.05, 3.63) is 58.6 Å². The van der Waals surface area contributed by atoms with Gasteiger partial charge in [-0.1, -0.05) is 23.7 Å². The van der Waals surface area contributed by atoms with Crippen molar-refractivity contribution in [2.24, 2.45) is 0 Å². The molecule has 0 saturated heterocycles. The zero-order chi connectivity index (χ0) is 14.4. The minimum absolute atomic E-state index is 0.404. The number of aryl methyl sites for hydroxylation is 1. The molecule has 0 saturated carbocycles. The summed E-state index contributed by atoms with van der Waals surface area (Å²) in [4.78, 5) is 0. The number of nitriles is 1. The van der Waals surface area contributed by atoms with Gasteiger partial charge in [0.15, 0.2) is 0 Å². The standard InChI is InChI=1S/C16H14ClNO2/c1-12-5-6-14(17)10-16(12)20-8-7-19-15-4-2-3-13(9-15)11-18/h2-6,9-10H,7-8H2,1H3. The van der Waals surface area contributed by atoms with Gasteiger partial charge in [-0.2, -0.15) is 5.26 Å². The minimum atomic E-state index is 0.404. The molecule has 2 rings (SSSR count). The summed E-state index contributed by atoms with van der Waals surface area (Å²) >= 11 is 5.92. The number of nitrogens with zero attached hydrogens (tertiary/aromatic N) is 1. The van der Waals surface area contributed by atoms with Gasteiger partial charge in [-0.05, 0) is 42.8 Å². The Labute approximate surface area is 123 Å². The summed E-state index contributed by atoms with van der Waals surface area (Å²) in [6.07, 6.45) is 0. The van der Waals surface area contributed by atoms with Gasteiger partial charge in [0.2, 0.25) is 0 Å². The van der Waals surface area contributed by atoms with Crippen molar-refractivity contribution in [1.82, 2.24) is 0 Å². The summed E-state index contributed by atoms with van der Waals surface area (Å²) in [6, 6.07) is 14.6. The Bertz CT molecular complexity index is 635. The molecule has 102 valence electrons. The van der Waals surface area contributed by atoms with E-state index in [2.05, 4.69) is 6.07 Å². The molecule has 0 aliphatic carbocycles. The number of ether oxygens (including phenoxy) is 2. The first-order chi connectivity index (χ1) is 9.69. The zero-order valence-electron chi connectivity index (χ0n) is 11.1. The number of benzene rings is 2. The van der Waals surface area contributed by atoms with E-state index in [4.69, 9.17) is 26.3 Å². The monoisotopic (exact) mass is 287 g/mol. The highest BCUT2D eigenvalue weighted by Gasteiger charge is 2.01. The van der Waals surface area contributed by atoms with Crippen LogP contribution in [0.1, 0.15) is 11.1 Å². The molecule has 2 aromatic carbocycles. The van der Waals surface area contributed by atoms with E-state index in [0.717, 1.165) is 11.3 Å². The van der Waals surface area contributed by atoms with Crippen LogP contribution in [0.4, 0.5) is 0 Å². The van der Waals surface area contributed by atoms with Crippen LogP contribution in [0.2, 0.25) is 5.02 Å². The average Bonchev–Trinajstić information content (AvgIpc) is 2.47. The van der Waals surface area contributed by atoms with Crippen LogP contribution >= 0.6 is 11.6 Å². The maximum atomic E-state index is 8.80. The van der Waals surface area contributed by atoms with E-state index in [1.165, 1.54) is 0 Å². The first-order valence-electron chi connectivity index (χ1n) is 6.21. The molecule has 0 aliphatic heterocycles. The number of rotatable bonds is 5. The van der Waals surface area contributed by atoms with Crippen LogP contribution in [0.5, 0.6) is 11.5 Å². The molecule has 0 atom stereocenters. The molecule has 0 unspecified atom stereocenters. The van der Waals surface area contributed by atoms with Crippen LogP contribution in [0.15, 0.2) is 42.5 Å². The van der Waals surface area contributed by atoms with E-state index in [1.807, 2.05) is 25.1 Å². The van der Waals surface area contributed by atoms with E-state index in [0.29, 0.717) is 29.5 Å². The van der Waals surface area contributed by atoms with Crippen molar-refractivity contribution in [2.45, 2.75) is 6.92 Å². The van der Waals surface area contributed by atoms with Gasteiger partial charge in [0.25, 0.3) is 0 Å². The lowest BCUT2D eigenvalue weighted by atomic mass is 10.2. The minimum Gasteiger partial charge on any atom is -0.490 e. The number of hydrogen-bond acceptors (Lipinski definition) is 3. The predicted octanol–water partition coefficient (Wildman–Crippen LogP) is 3.98. The molecule has 20 heavy (non-hydrogen) atoms. The normalized spacial score (nSPS) is 9.85. The quantitative estimate of drug-likeness (QED) is 0.781. The van der Waals surface area contributed by atoms with Gasteiger partial charge in [-0.3, -0.25) is 0 Å². The highest BCUT2D eigenvalue weighted by molar-refractivity contribution is 6.30. The van der Waals surface area contributed by atoms with Gasteiger partial charge in [0, 0.05) is 5.02 Å². The third kappa shape index (κ3) is 3.91. The first kappa shape index (κ1) is 14.2. The second kappa shape index (κ2) is 6.83. The summed E-state index contributed by atoms with van der Waals surface area (Å²) in [5.41, 5.74) is 1.61. The molecule has 0 amide bonds. The van der Waals surface area contributed by atoms with Crippen LogP contribution in [-0.2, 0) is 0 Å². The average molecular weight is 288 g/mol. The molecular weight excluding hydrogens is 274 g/mol. The highest BCUT2D eigenvalue weighted by Crippen LogP contribution is 2.22. The molecular formula is C16H14ClNO2. The molecule has 0 bridgehead atoms. The smallest absolute Gasteiger partial charge is 0.123 e. The van der Waals surface area contributed by atoms with Crippen LogP contribution < -0.4 is 9.47 Å². The Balaban J connectivity index is 1.84. The van der Waals surface area contributed by atoms with Crippen molar-refractivity contribution in [3.8, 4) is 17.6 Å². The summed E-state index contributed by atoms with van der Waals surface area (Å²) in [5.74, 6) is 1.42. The van der Waals surface area contributed by atoms with Crippen LogP contribution in [0.3, 0.4) is 0 Å². The highest BCUT2D eigenvalue weighted by atomic mass is 35.5. The maximum Gasteiger partial charge on any atom is 0.123 e. The molecule has 0 fully saturated rings. The predicted molar refractivity (Wildman–Crippen MR) is 78.3 cm³/mol. The third-order valence-electron chi connectivity index (χ3n) is 2.72. The second-order valence-corrected chi connectivity index (χ2v) is 4.68.